The van der Waals surface area contributed by atoms with Gasteiger partial charge < -0.3 is 9.73 Å². The van der Waals surface area contributed by atoms with Crippen molar-refractivity contribution in [2.45, 2.75) is 31.7 Å². The zero-order chi connectivity index (χ0) is 13.8. The molecule has 0 radical (unpaired) electrons. The van der Waals surface area contributed by atoms with Crippen LogP contribution in [-0.2, 0) is 17.6 Å². The molecule has 3 heteroatoms. The Morgan fingerprint density at radius 1 is 1.20 bits per heavy atom. The van der Waals surface area contributed by atoms with E-state index in [0.717, 1.165) is 12.0 Å². The van der Waals surface area contributed by atoms with Crippen molar-refractivity contribution in [3.05, 3.63) is 60.1 Å². The van der Waals surface area contributed by atoms with Crippen LogP contribution < -0.4 is 5.32 Å². The number of amides is 1. The van der Waals surface area contributed by atoms with E-state index in [0.29, 0.717) is 12.3 Å². The summed E-state index contributed by atoms with van der Waals surface area (Å²) in [5.41, 5.74) is 2.21. The van der Waals surface area contributed by atoms with Crippen molar-refractivity contribution >= 4 is 5.91 Å². The lowest BCUT2D eigenvalue weighted by Crippen LogP contribution is -2.38. The molecule has 1 heterocycles. The molecular formula is C17H19NO2. The van der Waals surface area contributed by atoms with Crippen molar-refractivity contribution in [3.63, 3.8) is 0 Å². The number of furan rings is 1. The predicted octanol–water partition coefficient (Wildman–Crippen LogP) is 2.96. The quantitative estimate of drug-likeness (QED) is 0.876. The highest BCUT2D eigenvalue weighted by Gasteiger charge is 2.32. The van der Waals surface area contributed by atoms with E-state index >= 15 is 0 Å². The number of nitrogens with one attached hydrogen (secondary N) is 1. The lowest BCUT2D eigenvalue weighted by Gasteiger charge is -2.18. The zero-order valence-corrected chi connectivity index (χ0v) is 11.4. The first-order valence-electron chi connectivity index (χ1n) is 7.15. The van der Waals surface area contributed by atoms with Crippen LogP contribution in [0.25, 0.3) is 0 Å². The molecule has 104 valence electrons. The van der Waals surface area contributed by atoms with Crippen LogP contribution in [0.15, 0.2) is 53.3 Å². The predicted molar refractivity (Wildman–Crippen MR) is 77.2 cm³/mol. The van der Waals surface area contributed by atoms with Crippen molar-refractivity contribution in [2.24, 2.45) is 5.92 Å². The molecular weight excluding hydrogens is 250 g/mol. The largest absolute Gasteiger partial charge is 0.472 e. The Morgan fingerprint density at radius 2 is 2.00 bits per heavy atom. The first kappa shape index (κ1) is 13.0. The highest BCUT2D eigenvalue weighted by Crippen LogP contribution is 2.34. The van der Waals surface area contributed by atoms with E-state index in [-0.39, 0.29) is 11.9 Å². The van der Waals surface area contributed by atoms with E-state index in [1.165, 1.54) is 18.4 Å². The second-order valence-electron chi connectivity index (χ2n) is 5.51. The second kappa shape index (κ2) is 5.95. The fourth-order valence-electron chi connectivity index (χ4n) is 2.54. The van der Waals surface area contributed by atoms with Gasteiger partial charge >= 0.3 is 0 Å². The summed E-state index contributed by atoms with van der Waals surface area (Å²) in [5, 5.41) is 3.19. The average molecular weight is 269 g/mol. The third-order valence-electron chi connectivity index (χ3n) is 3.78. The topological polar surface area (TPSA) is 42.2 Å². The number of hydrogen-bond acceptors (Lipinski definition) is 2. The molecule has 0 aliphatic heterocycles. The Hall–Kier alpha value is -2.03. The van der Waals surface area contributed by atoms with Gasteiger partial charge in [-0.05, 0) is 42.4 Å². The van der Waals surface area contributed by atoms with Crippen molar-refractivity contribution in [2.75, 3.05) is 0 Å². The maximum absolute atomic E-state index is 12.1. The van der Waals surface area contributed by atoms with Gasteiger partial charge in [-0.15, -0.1) is 0 Å². The van der Waals surface area contributed by atoms with Crippen LogP contribution in [0, 0.1) is 5.92 Å². The van der Waals surface area contributed by atoms with Crippen LogP contribution in [0.5, 0.6) is 0 Å². The Balaban J connectivity index is 1.58. The Kier molecular flexibility index (Phi) is 3.86. The lowest BCUT2D eigenvalue weighted by molar-refractivity contribution is -0.121. The average Bonchev–Trinajstić information content (AvgIpc) is 3.18. The Bertz CT molecular complexity index is 544. The first-order chi connectivity index (χ1) is 9.81. The summed E-state index contributed by atoms with van der Waals surface area (Å²) in [6.07, 6.45) is 7.00. The van der Waals surface area contributed by atoms with Gasteiger partial charge in [-0.3, -0.25) is 4.79 Å². The van der Waals surface area contributed by atoms with E-state index < -0.39 is 0 Å². The van der Waals surface area contributed by atoms with E-state index in [1.54, 1.807) is 12.5 Å². The molecule has 0 saturated heterocycles. The highest BCUT2D eigenvalue weighted by atomic mass is 16.3. The summed E-state index contributed by atoms with van der Waals surface area (Å²) in [4.78, 5) is 12.1. The molecule has 1 atom stereocenters. The van der Waals surface area contributed by atoms with Crippen molar-refractivity contribution in [1.82, 2.24) is 5.32 Å². The van der Waals surface area contributed by atoms with Gasteiger partial charge in [0.25, 0.3) is 0 Å². The van der Waals surface area contributed by atoms with Crippen LogP contribution in [0.1, 0.15) is 24.0 Å². The first-order valence-corrected chi connectivity index (χ1v) is 7.15. The van der Waals surface area contributed by atoms with Crippen LogP contribution in [0.2, 0.25) is 0 Å². The molecule has 2 aromatic rings. The third-order valence-corrected chi connectivity index (χ3v) is 3.78. The minimum Gasteiger partial charge on any atom is -0.472 e. The van der Waals surface area contributed by atoms with Crippen molar-refractivity contribution in [1.29, 1.82) is 0 Å². The molecule has 1 saturated carbocycles. The molecule has 1 aliphatic rings. The van der Waals surface area contributed by atoms with Gasteiger partial charge in [0.2, 0.25) is 5.91 Å². The molecule has 1 aliphatic carbocycles. The molecule has 1 aromatic carbocycles. The molecule has 0 spiro atoms. The molecule has 3 rings (SSSR count). The SMILES string of the molecule is O=C(Cc1ccoc1)NC(Cc1ccccc1)C1CC1. The van der Waals surface area contributed by atoms with Crippen LogP contribution in [-0.4, -0.2) is 11.9 Å². The number of rotatable bonds is 6. The lowest BCUT2D eigenvalue weighted by atomic mass is 10.0. The fraction of sp³-hybridized carbons (Fsp3) is 0.353. The number of carbonyl (C=O) groups is 1. The van der Waals surface area contributed by atoms with Gasteiger partial charge in [-0.25, -0.2) is 0 Å². The summed E-state index contributed by atoms with van der Waals surface area (Å²) < 4.78 is 5.00. The van der Waals surface area contributed by atoms with Crippen LogP contribution >= 0.6 is 0 Å². The molecule has 0 bridgehead atoms. The Labute approximate surface area is 119 Å². The fourth-order valence-corrected chi connectivity index (χ4v) is 2.54. The van der Waals surface area contributed by atoms with Gasteiger partial charge in [0.05, 0.1) is 18.9 Å². The van der Waals surface area contributed by atoms with E-state index in [1.807, 2.05) is 24.3 Å². The summed E-state index contributed by atoms with van der Waals surface area (Å²) in [6, 6.07) is 12.5. The van der Waals surface area contributed by atoms with E-state index in [9.17, 15) is 4.79 Å². The maximum Gasteiger partial charge on any atom is 0.224 e. The standard InChI is InChI=1S/C17H19NO2/c19-17(11-14-8-9-20-12-14)18-16(15-6-7-15)10-13-4-2-1-3-5-13/h1-5,8-9,12,15-16H,6-7,10-11H2,(H,18,19). The smallest absolute Gasteiger partial charge is 0.224 e. The number of hydrogen-bond donors (Lipinski definition) is 1. The van der Waals surface area contributed by atoms with Crippen molar-refractivity contribution < 1.29 is 9.21 Å². The van der Waals surface area contributed by atoms with Gasteiger partial charge in [0.15, 0.2) is 0 Å². The van der Waals surface area contributed by atoms with Gasteiger partial charge in [-0.2, -0.15) is 0 Å². The molecule has 1 fully saturated rings. The Morgan fingerprint density at radius 3 is 2.65 bits per heavy atom. The molecule has 3 nitrogen and oxygen atoms in total. The van der Waals surface area contributed by atoms with Crippen LogP contribution in [0.4, 0.5) is 0 Å². The minimum absolute atomic E-state index is 0.0826. The molecule has 1 N–H and O–H groups in total. The molecule has 20 heavy (non-hydrogen) atoms. The summed E-state index contributed by atoms with van der Waals surface area (Å²) in [6.45, 7) is 0. The molecule has 1 amide bonds. The van der Waals surface area contributed by atoms with E-state index in [2.05, 4.69) is 17.4 Å². The maximum atomic E-state index is 12.1. The summed E-state index contributed by atoms with van der Waals surface area (Å²) in [5.74, 6) is 0.725. The normalized spacial score (nSPS) is 15.8. The van der Waals surface area contributed by atoms with Crippen LogP contribution in [0.3, 0.4) is 0 Å². The molecule has 1 aromatic heterocycles. The highest BCUT2D eigenvalue weighted by molar-refractivity contribution is 5.78. The van der Waals surface area contributed by atoms with Gasteiger partial charge in [0.1, 0.15) is 0 Å². The minimum atomic E-state index is 0.0826. The number of benzene rings is 1. The summed E-state index contributed by atoms with van der Waals surface area (Å²) in [7, 11) is 0. The van der Waals surface area contributed by atoms with Gasteiger partial charge in [-0.1, -0.05) is 30.3 Å². The monoisotopic (exact) mass is 269 g/mol. The zero-order valence-electron chi connectivity index (χ0n) is 11.4. The van der Waals surface area contributed by atoms with Crippen molar-refractivity contribution in [3.8, 4) is 0 Å². The summed E-state index contributed by atoms with van der Waals surface area (Å²) >= 11 is 0. The second-order valence-corrected chi connectivity index (χ2v) is 5.51. The van der Waals surface area contributed by atoms with Gasteiger partial charge in [0, 0.05) is 6.04 Å². The third kappa shape index (κ3) is 3.50. The van der Waals surface area contributed by atoms with E-state index in [4.69, 9.17) is 4.42 Å². The molecule has 1 unspecified atom stereocenters. The number of carbonyl (C=O) groups excluding carboxylic acids is 1.